The fraction of sp³-hybridized carbons (Fsp3) is 0.533. The van der Waals surface area contributed by atoms with E-state index in [1.165, 1.54) is 0 Å². The first kappa shape index (κ1) is 14.7. The summed E-state index contributed by atoms with van der Waals surface area (Å²) < 4.78 is 0. The number of rotatable bonds is 4. The molecule has 0 bridgehead atoms. The fourth-order valence-electron chi connectivity index (χ4n) is 1.67. The Morgan fingerprint density at radius 1 is 1.39 bits per heavy atom. The molecule has 1 rings (SSSR count). The molecule has 3 heteroatoms. The number of aryl methyl sites for hydroxylation is 2. The Morgan fingerprint density at radius 3 is 2.56 bits per heavy atom. The summed E-state index contributed by atoms with van der Waals surface area (Å²) in [6.07, 6.45) is -0.232. The normalized spacial score (nSPS) is 13.2. The standard InChI is InChI=1S/C15H23NO2/c1-10-6-7-11(2)13(8-10)9-14(18)16-15(4,5)12(3)17/h6-8,12,17H,9H2,1-5H3,(H,16,18). The monoisotopic (exact) mass is 249 g/mol. The van der Waals surface area contributed by atoms with E-state index < -0.39 is 11.6 Å². The van der Waals surface area contributed by atoms with Crippen LogP contribution < -0.4 is 5.32 Å². The minimum Gasteiger partial charge on any atom is -0.391 e. The van der Waals surface area contributed by atoms with Crippen LogP contribution in [0.3, 0.4) is 0 Å². The lowest BCUT2D eigenvalue weighted by Crippen LogP contribution is -2.51. The van der Waals surface area contributed by atoms with Crippen LogP contribution in [0.4, 0.5) is 0 Å². The molecular weight excluding hydrogens is 226 g/mol. The number of carbonyl (C=O) groups excluding carboxylic acids is 1. The van der Waals surface area contributed by atoms with E-state index >= 15 is 0 Å². The Labute approximate surface area is 109 Å². The lowest BCUT2D eigenvalue weighted by molar-refractivity contribution is -0.123. The molecule has 3 nitrogen and oxygen atoms in total. The van der Waals surface area contributed by atoms with Crippen molar-refractivity contribution < 1.29 is 9.90 Å². The van der Waals surface area contributed by atoms with Crippen LogP contribution in [0.25, 0.3) is 0 Å². The molecule has 0 fully saturated rings. The Kier molecular flexibility index (Phi) is 4.52. The maximum absolute atomic E-state index is 12.0. The van der Waals surface area contributed by atoms with Gasteiger partial charge < -0.3 is 10.4 Å². The summed E-state index contributed by atoms with van der Waals surface area (Å²) in [5.74, 6) is -0.0606. The van der Waals surface area contributed by atoms with Gasteiger partial charge in [0.2, 0.25) is 5.91 Å². The van der Waals surface area contributed by atoms with Gasteiger partial charge >= 0.3 is 0 Å². The van der Waals surface area contributed by atoms with Gasteiger partial charge in [0.25, 0.3) is 0 Å². The molecule has 0 aliphatic rings. The van der Waals surface area contributed by atoms with E-state index in [1.54, 1.807) is 6.92 Å². The number of aliphatic hydroxyl groups is 1. The van der Waals surface area contributed by atoms with Gasteiger partial charge in [-0.05, 0) is 45.7 Å². The highest BCUT2D eigenvalue weighted by molar-refractivity contribution is 5.79. The van der Waals surface area contributed by atoms with Gasteiger partial charge in [0, 0.05) is 0 Å². The molecule has 1 aromatic rings. The maximum atomic E-state index is 12.0. The summed E-state index contributed by atoms with van der Waals surface area (Å²) in [5, 5.41) is 12.4. The van der Waals surface area contributed by atoms with Crippen LogP contribution in [-0.4, -0.2) is 22.7 Å². The third kappa shape index (κ3) is 3.84. The number of hydrogen-bond acceptors (Lipinski definition) is 2. The number of aliphatic hydroxyl groups excluding tert-OH is 1. The second-order valence-electron chi connectivity index (χ2n) is 5.55. The second kappa shape index (κ2) is 5.53. The van der Waals surface area contributed by atoms with Gasteiger partial charge in [-0.2, -0.15) is 0 Å². The van der Waals surface area contributed by atoms with E-state index in [0.717, 1.165) is 16.7 Å². The molecule has 1 aromatic carbocycles. The fourth-order valence-corrected chi connectivity index (χ4v) is 1.67. The number of nitrogens with one attached hydrogen (secondary N) is 1. The van der Waals surface area contributed by atoms with Crippen LogP contribution in [0.1, 0.15) is 37.5 Å². The largest absolute Gasteiger partial charge is 0.391 e. The van der Waals surface area contributed by atoms with E-state index in [0.29, 0.717) is 6.42 Å². The molecule has 1 atom stereocenters. The van der Waals surface area contributed by atoms with Crippen LogP contribution in [0, 0.1) is 13.8 Å². The summed E-state index contributed by atoms with van der Waals surface area (Å²) in [4.78, 5) is 12.0. The predicted molar refractivity (Wildman–Crippen MR) is 73.5 cm³/mol. The zero-order valence-electron chi connectivity index (χ0n) is 11.9. The number of hydrogen-bond donors (Lipinski definition) is 2. The summed E-state index contributed by atoms with van der Waals surface area (Å²) in [7, 11) is 0. The number of benzene rings is 1. The molecule has 2 N–H and O–H groups in total. The highest BCUT2D eigenvalue weighted by atomic mass is 16.3. The molecule has 0 aliphatic carbocycles. The number of carbonyl (C=O) groups is 1. The SMILES string of the molecule is Cc1ccc(C)c(CC(=O)NC(C)(C)C(C)O)c1. The summed E-state index contributed by atoms with van der Waals surface area (Å²) >= 11 is 0. The summed E-state index contributed by atoms with van der Waals surface area (Å²) in [6, 6.07) is 6.10. The molecule has 0 saturated carbocycles. The van der Waals surface area contributed by atoms with Gasteiger partial charge in [-0.3, -0.25) is 4.79 Å². The van der Waals surface area contributed by atoms with Gasteiger partial charge in [-0.25, -0.2) is 0 Å². The van der Waals surface area contributed by atoms with Gasteiger partial charge in [0.1, 0.15) is 0 Å². The van der Waals surface area contributed by atoms with Crippen molar-refractivity contribution in [1.29, 1.82) is 0 Å². The molecule has 100 valence electrons. The van der Waals surface area contributed by atoms with Gasteiger partial charge in [-0.1, -0.05) is 23.8 Å². The molecule has 1 amide bonds. The van der Waals surface area contributed by atoms with Crippen LogP contribution in [0.15, 0.2) is 18.2 Å². The zero-order valence-corrected chi connectivity index (χ0v) is 11.9. The Hall–Kier alpha value is -1.35. The predicted octanol–water partition coefficient (Wildman–Crippen LogP) is 2.12. The van der Waals surface area contributed by atoms with Crippen molar-refractivity contribution in [2.24, 2.45) is 0 Å². The first-order valence-electron chi connectivity index (χ1n) is 6.27. The van der Waals surface area contributed by atoms with E-state index in [4.69, 9.17) is 0 Å². The van der Waals surface area contributed by atoms with E-state index in [1.807, 2.05) is 45.9 Å². The first-order chi connectivity index (χ1) is 8.22. The van der Waals surface area contributed by atoms with Crippen molar-refractivity contribution in [3.63, 3.8) is 0 Å². The third-order valence-electron chi connectivity index (χ3n) is 3.36. The van der Waals surface area contributed by atoms with E-state index in [-0.39, 0.29) is 5.91 Å². The maximum Gasteiger partial charge on any atom is 0.224 e. The van der Waals surface area contributed by atoms with Crippen molar-refractivity contribution in [1.82, 2.24) is 5.32 Å². The molecule has 0 radical (unpaired) electrons. The Balaban J connectivity index is 2.74. The van der Waals surface area contributed by atoms with Crippen molar-refractivity contribution >= 4 is 5.91 Å². The number of amides is 1. The summed E-state index contributed by atoms with van der Waals surface area (Å²) in [6.45, 7) is 9.33. The van der Waals surface area contributed by atoms with Crippen LogP contribution >= 0.6 is 0 Å². The minimum atomic E-state index is -0.602. The molecule has 18 heavy (non-hydrogen) atoms. The molecule has 1 unspecified atom stereocenters. The van der Waals surface area contributed by atoms with Crippen LogP contribution in [0.2, 0.25) is 0 Å². The topological polar surface area (TPSA) is 49.3 Å². The minimum absolute atomic E-state index is 0.0606. The Bertz CT molecular complexity index is 436. The van der Waals surface area contributed by atoms with Crippen LogP contribution in [-0.2, 0) is 11.2 Å². The van der Waals surface area contributed by atoms with E-state index in [2.05, 4.69) is 5.32 Å². The van der Waals surface area contributed by atoms with E-state index in [9.17, 15) is 9.90 Å². The molecule has 0 aliphatic heterocycles. The van der Waals surface area contributed by atoms with Crippen molar-refractivity contribution in [3.8, 4) is 0 Å². The van der Waals surface area contributed by atoms with Crippen molar-refractivity contribution in [2.45, 2.75) is 52.7 Å². The van der Waals surface area contributed by atoms with Crippen LogP contribution in [0.5, 0.6) is 0 Å². The lowest BCUT2D eigenvalue weighted by Gasteiger charge is -2.29. The van der Waals surface area contributed by atoms with Gasteiger partial charge in [-0.15, -0.1) is 0 Å². The van der Waals surface area contributed by atoms with Crippen molar-refractivity contribution in [2.75, 3.05) is 0 Å². The lowest BCUT2D eigenvalue weighted by atomic mass is 9.97. The zero-order chi connectivity index (χ0) is 13.9. The molecule has 0 heterocycles. The third-order valence-corrected chi connectivity index (χ3v) is 3.36. The quantitative estimate of drug-likeness (QED) is 0.858. The smallest absolute Gasteiger partial charge is 0.224 e. The summed E-state index contributed by atoms with van der Waals surface area (Å²) in [5.41, 5.74) is 2.70. The second-order valence-corrected chi connectivity index (χ2v) is 5.55. The van der Waals surface area contributed by atoms with Gasteiger partial charge in [0.15, 0.2) is 0 Å². The average molecular weight is 249 g/mol. The molecule has 0 spiro atoms. The molecular formula is C15H23NO2. The highest BCUT2D eigenvalue weighted by Gasteiger charge is 2.25. The first-order valence-corrected chi connectivity index (χ1v) is 6.27. The Morgan fingerprint density at radius 2 is 2.00 bits per heavy atom. The average Bonchev–Trinajstić information content (AvgIpc) is 2.22. The molecule has 0 aromatic heterocycles. The molecule has 0 saturated heterocycles. The highest BCUT2D eigenvalue weighted by Crippen LogP contribution is 2.13. The van der Waals surface area contributed by atoms with Gasteiger partial charge in [0.05, 0.1) is 18.1 Å². The van der Waals surface area contributed by atoms with Crippen molar-refractivity contribution in [3.05, 3.63) is 34.9 Å².